The maximum atomic E-state index is 4.58. The fourth-order valence-electron chi connectivity index (χ4n) is 3.85. The summed E-state index contributed by atoms with van der Waals surface area (Å²) >= 11 is 0. The van der Waals surface area contributed by atoms with E-state index in [0.717, 1.165) is 0 Å². The van der Waals surface area contributed by atoms with Gasteiger partial charge in [-0.2, -0.15) is 0 Å². The maximum Gasteiger partial charge on any atom is 0.0902 e. The van der Waals surface area contributed by atoms with E-state index < -0.39 is 0 Å². The third kappa shape index (κ3) is 4.17. The Hall–Kier alpha value is -3.26. The van der Waals surface area contributed by atoms with Crippen molar-refractivity contribution in [1.82, 2.24) is 4.98 Å². The number of hydrogen-bond acceptors (Lipinski definition) is 1. The van der Waals surface area contributed by atoms with Crippen molar-refractivity contribution in [2.75, 3.05) is 0 Å². The number of aromatic amines is 1. The number of hydrogen-bond donors (Lipinski definition) is 1. The second-order valence-electron chi connectivity index (χ2n) is 6.97. The molecule has 0 spiro atoms. The number of benzene rings is 3. The Kier molecular flexibility index (Phi) is 5.89. The van der Waals surface area contributed by atoms with Crippen LogP contribution in [0.15, 0.2) is 102 Å². The van der Waals surface area contributed by atoms with Crippen molar-refractivity contribution in [3.8, 4) is 0 Å². The van der Waals surface area contributed by atoms with Crippen LogP contribution in [0.3, 0.4) is 0 Å². The highest BCUT2D eigenvalue weighted by molar-refractivity contribution is 6.08. The zero-order chi connectivity index (χ0) is 19.0. The number of aromatic nitrogens is 1. The number of aryl methyl sites for hydroxylation is 2. The normalized spacial score (nSPS) is 12.4. The van der Waals surface area contributed by atoms with E-state index in [1.54, 1.807) is 23.7 Å². The molecule has 0 radical (unpaired) electrons. The van der Waals surface area contributed by atoms with Gasteiger partial charge in [0.25, 0.3) is 0 Å². The molecule has 1 aliphatic rings. The Bertz CT molecular complexity index is 1050. The molecule has 28 heavy (non-hydrogen) atoms. The van der Waals surface area contributed by atoms with E-state index in [4.69, 9.17) is 0 Å². The van der Waals surface area contributed by atoms with Crippen molar-refractivity contribution in [3.05, 3.63) is 109 Å². The van der Waals surface area contributed by atoms with Crippen LogP contribution in [-0.4, -0.2) is 4.98 Å². The molecule has 3 aromatic carbocycles. The number of fused-ring (bicyclic) bond motifs is 5. The molecule has 0 fully saturated rings. The average Bonchev–Trinajstić information content (AvgIpc) is 3.52. The summed E-state index contributed by atoms with van der Waals surface area (Å²) in [5, 5.41) is 5.64. The summed E-state index contributed by atoms with van der Waals surface area (Å²) in [6, 6.07) is 25.5. The predicted molar refractivity (Wildman–Crippen MR) is 118 cm³/mol. The van der Waals surface area contributed by atoms with Gasteiger partial charge in [-0.3, -0.25) is 0 Å². The largest absolute Gasteiger partial charge is 0.473 e. The van der Waals surface area contributed by atoms with Gasteiger partial charge in [-0.1, -0.05) is 48.5 Å². The molecule has 0 saturated carbocycles. The zero-order valence-electron chi connectivity index (χ0n) is 16.0. The smallest absolute Gasteiger partial charge is 0.0902 e. The average molecular weight is 367 g/mol. The van der Waals surface area contributed by atoms with Gasteiger partial charge in [-0.05, 0) is 82.6 Å². The standard InChI is InChI=1S/C18H16.C4H5N.C4H4O/c1-3-7-15-13(5-1)9-11-18-16-8-4-2-6-14(16)10-12-17(15)18;2*1-2-4-5-3-1/h1,3,5,7,9-12H,2,4,6,8H2;1-5H;1-4H. The highest BCUT2D eigenvalue weighted by Crippen LogP contribution is 2.33. The number of nitrogens with one attached hydrogen (secondary N) is 1. The molecule has 0 aliphatic heterocycles. The van der Waals surface area contributed by atoms with Gasteiger partial charge in [0.2, 0.25) is 0 Å². The fraction of sp³-hybridized carbons (Fsp3) is 0.154. The van der Waals surface area contributed by atoms with Gasteiger partial charge in [-0.15, -0.1) is 0 Å². The lowest BCUT2D eigenvalue weighted by atomic mass is 9.86. The second kappa shape index (κ2) is 9.09. The number of furan rings is 1. The zero-order valence-corrected chi connectivity index (χ0v) is 16.0. The van der Waals surface area contributed by atoms with Crippen LogP contribution in [0.1, 0.15) is 24.0 Å². The van der Waals surface area contributed by atoms with Crippen molar-refractivity contribution in [2.45, 2.75) is 25.7 Å². The lowest BCUT2D eigenvalue weighted by Gasteiger charge is -2.18. The Balaban J connectivity index is 0.000000157. The molecule has 5 aromatic rings. The molecule has 1 N–H and O–H groups in total. The number of H-pyrrole nitrogens is 1. The van der Waals surface area contributed by atoms with Crippen LogP contribution in [0, 0.1) is 0 Å². The summed E-state index contributed by atoms with van der Waals surface area (Å²) < 4.78 is 4.58. The molecule has 6 rings (SSSR count). The van der Waals surface area contributed by atoms with Crippen molar-refractivity contribution < 1.29 is 4.42 Å². The van der Waals surface area contributed by atoms with Crippen LogP contribution in [0.25, 0.3) is 21.5 Å². The first-order valence-corrected chi connectivity index (χ1v) is 9.90. The van der Waals surface area contributed by atoms with Crippen LogP contribution in [0.4, 0.5) is 0 Å². The van der Waals surface area contributed by atoms with E-state index in [-0.39, 0.29) is 0 Å². The summed E-state index contributed by atoms with van der Waals surface area (Å²) in [6.45, 7) is 0. The molecule has 2 heterocycles. The van der Waals surface area contributed by atoms with E-state index in [2.05, 4.69) is 57.9 Å². The van der Waals surface area contributed by atoms with E-state index in [0.29, 0.717) is 0 Å². The topological polar surface area (TPSA) is 28.9 Å². The van der Waals surface area contributed by atoms with Gasteiger partial charge in [-0.25, -0.2) is 0 Å². The molecule has 0 saturated heterocycles. The minimum absolute atomic E-state index is 1.25. The summed E-state index contributed by atoms with van der Waals surface area (Å²) in [4.78, 5) is 2.86. The minimum atomic E-state index is 1.25. The summed E-state index contributed by atoms with van der Waals surface area (Å²) in [5.41, 5.74) is 3.17. The van der Waals surface area contributed by atoms with Crippen molar-refractivity contribution >= 4 is 21.5 Å². The quantitative estimate of drug-likeness (QED) is 0.289. The highest BCUT2D eigenvalue weighted by atomic mass is 16.3. The lowest BCUT2D eigenvalue weighted by molar-refractivity contribution is 0.567. The van der Waals surface area contributed by atoms with Crippen molar-refractivity contribution in [3.63, 3.8) is 0 Å². The van der Waals surface area contributed by atoms with E-state index in [1.807, 2.05) is 36.7 Å². The van der Waals surface area contributed by atoms with Gasteiger partial charge in [0.05, 0.1) is 12.5 Å². The van der Waals surface area contributed by atoms with Gasteiger partial charge >= 0.3 is 0 Å². The minimum Gasteiger partial charge on any atom is -0.473 e. The molecule has 2 nitrogen and oxygen atoms in total. The monoisotopic (exact) mass is 367 g/mol. The molecule has 2 heteroatoms. The maximum absolute atomic E-state index is 4.58. The summed E-state index contributed by atoms with van der Waals surface area (Å²) in [6.07, 6.45) is 12.2. The molecular formula is C26H25NO. The predicted octanol–water partition coefficient (Wildman–Crippen LogP) is 7.17. The van der Waals surface area contributed by atoms with E-state index in [1.165, 1.54) is 47.2 Å². The SMILES string of the molecule is c1cc[nH]c1.c1ccc2c(c1)ccc1c3c(ccc12)CCCC3.c1ccoc1. The van der Waals surface area contributed by atoms with Crippen LogP contribution >= 0.6 is 0 Å². The Morgan fingerprint density at radius 1 is 0.607 bits per heavy atom. The lowest BCUT2D eigenvalue weighted by Crippen LogP contribution is -2.02. The fourth-order valence-corrected chi connectivity index (χ4v) is 3.85. The third-order valence-electron chi connectivity index (χ3n) is 5.18. The van der Waals surface area contributed by atoms with Crippen LogP contribution < -0.4 is 0 Å². The molecular weight excluding hydrogens is 342 g/mol. The Morgan fingerprint density at radius 2 is 1.36 bits per heavy atom. The van der Waals surface area contributed by atoms with Gasteiger partial charge in [0, 0.05) is 12.4 Å². The first kappa shape index (κ1) is 18.1. The molecule has 0 bridgehead atoms. The highest BCUT2D eigenvalue weighted by Gasteiger charge is 2.13. The van der Waals surface area contributed by atoms with Gasteiger partial charge in [0.1, 0.15) is 0 Å². The molecule has 1 aliphatic carbocycles. The molecule has 0 unspecified atom stereocenters. The van der Waals surface area contributed by atoms with Crippen LogP contribution in [0.5, 0.6) is 0 Å². The Labute approximate surface area is 165 Å². The van der Waals surface area contributed by atoms with Crippen LogP contribution in [0.2, 0.25) is 0 Å². The second-order valence-corrected chi connectivity index (χ2v) is 6.97. The van der Waals surface area contributed by atoms with E-state index in [9.17, 15) is 0 Å². The molecule has 0 atom stereocenters. The summed E-state index contributed by atoms with van der Waals surface area (Å²) in [5.74, 6) is 0. The first-order chi connectivity index (χ1) is 13.9. The summed E-state index contributed by atoms with van der Waals surface area (Å²) in [7, 11) is 0. The molecule has 0 amide bonds. The van der Waals surface area contributed by atoms with E-state index >= 15 is 0 Å². The Morgan fingerprint density at radius 3 is 2.07 bits per heavy atom. The van der Waals surface area contributed by atoms with Crippen molar-refractivity contribution in [2.24, 2.45) is 0 Å². The molecule has 140 valence electrons. The van der Waals surface area contributed by atoms with Crippen molar-refractivity contribution in [1.29, 1.82) is 0 Å². The third-order valence-corrected chi connectivity index (χ3v) is 5.18. The van der Waals surface area contributed by atoms with Gasteiger partial charge < -0.3 is 9.40 Å². The van der Waals surface area contributed by atoms with Crippen LogP contribution in [-0.2, 0) is 12.8 Å². The van der Waals surface area contributed by atoms with Gasteiger partial charge in [0.15, 0.2) is 0 Å². The molecule has 2 aromatic heterocycles. The number of rotatable bonds is 0. The first-order valence-electron chi connectivity index (χ1n) is 9.90.